The van der Waals surface area contributed by atoms with Crippen molar-refractivity contribution in [3.05, 3.63) is 41.0 Å². The second-order valence-electron chi connectivity index (χ2n) is 6.01. The Hall–Kier alpha value is -2.05. The van der Waals surface area contributed by atoms with Gasteiger partial charge in [0.2, 0.25) is 11.8 Å². The summed E-state index contributed by atoms with van der Waals surface area (Å²) < 4.78 is 16.3. The molecule has 1 aliphatic rings. The molecule has 25 heavy (non-hydrogen) atoms. The van der Waals surface area contributed by atoms with Gasteiger partial charge in [-0.3, -0.25) is 0 Å². The predicted molar refractivity (Wildman–Crippen MR) is 96.8 cm³/mol. The van der Waals surface area contributed by atoms with Crippen LogP contribution in [0, 0.1) is 0 Å². The van der Waals surface area contributed by atoms with Crippen LogP contribution in [0.4, 0.5) is 5.95 Å². The van der Waals surface area contributed by atoms with Crippen LogP contribution in [0.3, 0.4) is 0 Å². The number of ether oxygens (including phenoxy) is 3. The summed E-state index contributed by atoms with van der Waals surface area (Å²) in [5, 5.41) is 4.04. The molecule has 1 aromatic heterocycles. The molecule has 0 bridgehead atoms. The summed E-state index contributed by atoms with van der Waals surface area (Å²) >= 11 is 6.26. The van der Waals surface area contributed by atoms with Crippen LogP contribution in [0.15, 0.2) is 30.5 Å². The Labute approximate surface area is 152 Å². The van der Waals surface area contributed by atoms with Gasteiger partial charge in [0.05, 0.1) is 14.2 Å². The van der Waals surface area contributed by atoms with E-state index in [1.54, 1.807) is 26.5 Å². The maximum Gasteiger partial charge on any atom is 0.225 e. The molecule has 1 N–H and O–H groups in total. The molecule has 0 atom stereocenters. The van der Waals surface area contributed by atoms with Gasteiger partial charge >= 0.3 is 0 Å². The quantitative estimate of drug-likeness (QED) is 0.849. The van der Waals surface area contributed by atoms with Gasteiger partial charge in [0.15, 0.2) is 0 Å². The van der Waals surface area contributed by atoms with Crippen LogP contribution < -0.4 is 14.8 Å². The molecule has 0 saturated carbocycles. The van der Waals surface area contributed by atoms with Gasteiger partial charge in [0, 0.05) is 48.0 Å². The minimum absolute atomic E-state index is 0.166. The first-order valence-corrected chi connectivity index (χ1v) is 8.57. The highest BCUT2D eigenvalue weighted by Gasteiger charge is 2.37. The molecule has 0 unspecified atom stereocenters. The molecule has 3 rings (SSSR count). The van der Waals surface area contributed by atoms with Gasteiger partial charge in [0.1, 0.15) is 5.75 Å². The van der Waals surface area contributed by atoms with Crippen LogP contribution in [0.5, 0.6) is 11.6 Å². The molecule has 2 heterocycles. The monoisotopic (exact) mass is 363 g/mol. The molecule has 134 valence electrons. The summed E-state index contributed by atoms with van der Waals surface area (Å²) in [6.07, 6.45) is 3.39. The number of rotatable bonds is 6. The van der Waals surface area contributed by atoms with E-state index in [2.05, 4.69) is 15.3 Å². The number of nitrogens with one attached hydrogen (secondary N) is 1. The van der Waals surface area contributed by atoms with Gasteiger partial charge in [0.25, 0.3) is 0 Å². The van der Waals surface area contributed by atoms with Gasteiger partial charge in [-0.05, 0) is 31.0 Å². The van der Waals surface area contributed by atoms with E-state index in [1.807, 2.05) is 18.2 Å². The summed E-state index contributed by atoms with van der Waals surface area (Å²) in [5.41, 5.74) is 0.919. The van der Waals surface area contributed by atoms with E-state index in [4.69, 9.17) is 25.8 Å². The van der Waals surface area contributed by atoms with Crippen LogP contribution in [0.1, 0.15) is 18.4 Å². The summed E-state index contributed by atoms with van der Waals surface area (Å²) in [6, 6.07) is 7.46. The van der Waals surface area contributed by atoms with Gasteiger partial charge in [-0.1, -0.05) is 11.6 Å². The van der Waals surface area contributed by atoms with E-state index < -0.39 is 0 Å². The summed E-state index contributed by atoms with van der Waals surface area (Å²) in [6.45, 7) is 2.03. The Balaban J connectivity index is 1.90. The van der Waals surface area contributed by atoms with Crippen molar-refractivity contribution in [3.8, 4) is 11.6 Å². The predicted octanol–water partition coefficient (Wildman–Crippen LogP) is 3.31. The Morgan fingerprint density at radius 2 is 2.00 bits per heavy atom. The largest absolute Gasteiger partial charge is 0.496 e. The normalized spacial score (nSPS) is 16.3. The zero-order valence-corrected chi connectivity index (χ0v) is 15.2. The molecular weight excluding hydrogens is 342 g/mol. The highest BCUT2D eigenvalue weighted by molar-refractivity contribution is 6.30. The SMILES string of the molecule is COc1ccnc(NCC2(c3cc(Cl)ccc3OC)CCOCC2)n1. The fraction of sp³-hybridized carbons (Fsp3) is 0.444. The minimum Gasteiger partial charge on any atom is -0.496 e. The Morgan fingerprint density at radius 1 is 1.20 bits per heavy atom. The first-order chi connectivity index (χ1) is 12.2. The fourth-order valence-corrected chi connectivity index (χ4v) is 3.36. The van der Waals surface area contributed by atoms with Crippen LogP contribution in [0.25, 0.3) is 0 Å². The smallest absolute Gasteiger partial charge is 0.225 e. The lowest BCUT2D eigenvalue weighted by Crippen LogP contribution is -2.40. The van der Waals surface area contributed by atoms with Crippen LogP contribution in [-0.2, 0) is 10.2 Å². The number of anilines is 1. The van der Waals surface area contributed by atoms with E-state index in [1.165, 1.54) is 0 Å². The van der Waals surface area contributed by atoms with Crippen LogP contribution in [-0.4, -0.2) is 43.9 Å². The van der Waals surface area contributed by atoms with Crippen molar-refractivity contribution in [2.45, 2.75) is 18.3 Å². The minimum atomic E-state index is -0.166. The van der Waals surface area contributed by atoms with Crippen molar-refractivity contribution >= 4 is 17.5 Å². The molecule has 0 amide bonds. The summed E-state index contributed by atoms with van der Waals surface area (Å²) in [4.78, 5) is 8.59. The highest BCUT2D eigenvalue weighted by atomic mass is 35.5. The molecular formula is C18H22ClN3O3. The summed E-state index contributed by atoms with van der Waals surface area (Å²) in [7, 11) is 3.27. The van der Waals surface area contributed by atoms with Gasteiger partial charge < -0.3 is 19.5 Å². The third kappa shape index (κ3) is 3.96. The second-order valence-corrected chi connectivity index (χ2v) is 6.45. The van der Waals surface area contributed by atoms with Crippen LogP contribution in [0.2, 0.25) is 5.02 Å². The molecule has 1 fully saturated rings. The molecule has 0 aliphatic carbocycles. The summed E-state index contributed by atoms with van der Waals surface area (Å²) in [5.74, 6) is 1.89. The van der Waals surface area contributed by atoms with E-state index in [9.17, 15) is 0 Å². The van der Waals surface area contributed by atoms with E-state index in [-0.39, 0.29) is 5.41 Å². The topological polar surface area (TPSA) is 65.5 Å². The second kappa shape index (κ2) is 7.89. The molecule has 1 aromatic carbocycles. The molecule has 1 aliphatic heterocycles. The number of aromatic nitrogens is 2. The van der Waals surface area contributed by atoms with Crippen molar-refractivity contribution in [2.24, 2.45) is 0 Å². The molecule has 0 spiro atoms. The average Bonchev–Trinajstić information content (AvgIpc) is 2.67. The zero-order chi connectivity index (χ0) is 17.7. The average molecular weight is 364 g/mol. The first kappa shape index (κ1) is 17.8. The molecule has 2 aromatic rings. The molecule has 1 saturated heterocycles. The lowest BCUT2D eigenvalue weighted by atomic mass is 9.73. The van der Waals surface area contributed by atoms with Crippen molar-refractivity contribution in [3.63, 3.8) is 0 Å². The number of benzene rings is 1. The van der Waals surface area contributed by atoms with E-state index in [0.717, 1.165) is 24.2 Å². The fourth-order valence-electron chi connectivity index (χ4n) is 3.19. The Bertz CT molecular complexity index is 720. The Morgan fingerprint density at radius 3 is 2.72 bits per heavy atom. The zero-order valence-electron chi connectivity index (χ0n) is 14.4. The van der Waals surface area contributed by atoms with Gasteiger partial charge in [-0.25, -0.2) is 4.98 Å². The van der Waals surface area contributed by atoms with Crippen LogP contribution >= 0.6 is 11.6 Å². The number of methoxy groups -OCH3 is 2. The number of halogens is 1. The van der Waals surface area contributed by atoms with E-state index in [0.29, 0.717) is 36.6 Å². The molecule has 6 nitrogen and oxygen atoms in total. The maximum atomic E-state index is 6.26. The van der Waals surface area contributed by atoms with Gasteiger partial charge in [-0.2, -0.15) is 4.98 Å². The molecule has 7 heteroatoms. The van der Waals surface area contributed by atoms with Crippen molar-refractivity contribution in [1.82, 2.24) is 9.97 Å². The third-order valence-electron chi connectivity index (χ3n) is 4.61. The number of nitrogens with zero attached hydrogens (tertiary/aromatic N) is 2. The van der Waals surface area contributed by atoms with Gasteiger partial charge in [-0.15, -0.1) is 0 Å². The standard InChI is InChI=1S/C18H22ClN3O3/c1-23-15-4-3-13(19)11-14(15)18(6-9-25-10-7-18)12-21-17-20-8-5-16(22-17)24-2/h3-5,8,11H,6-7,9-10,12H2,1-2H3,(H,20,21,22). The first-order valence-electron chi connectivity index (χ1n) is 8.19. The maximum absolute atomic E-state index is 6.26. The lowest BCUT2D eigenvalue weighted by molar-refractivity contribution is 0.0535. The van der Waals surface area contributed by atoms with Crippen molar-refractivity contribution in [2.75, 3.05) is 39.3 Å². The Kier molecular flexibility index (Phi) is 5.60. The molecule has 0 radical (unpaired) electrons. The lowest BCUT2D eigenvalue weighted by Gasteiger charge is -2.38. The highest BCUT2D eigenvalue weighted by Crippen LogP contribution is 2.41. The number of hydrogen-bond donors (Lipinski definition) is 1. The number of hydrogen-bond acceptors (Lipinski definition) is 6. The third-order valence-corrected chi connectivity index (χ3v) is 4.84. The van der Waals surface area contributed by atoms with E-state index >= 15 is 0 Å². The van der Waals surface area contributed by atoms with Crippen molar-refractivity contribution < 1.29 is 14.2 Å². The van der Waals surface area contributed by atoms with Crippen molar-refractivity contribution in [1.29, 1.82) is 0 Å².